The Labute approximate surface area is 106 Å². The fourth-order valence-corrected chi connectivity index (χ4v) is 1.90. The molecule has 17 heavy (non-hydrogen) atoms. The van der Waals surface area contributed by atoms with E-state index in [1.54, 1.807) is 30.1 Å². The van der Waals surface area contributed by atoms with Gasteiger partial charge in [-0.05, 0) is 19.1 Å². The monoisotopic (exact) mass is 254 g/mol. The molecule has 0 aliphatic rings. The summed E-state index contributed by atoms with van der Waals surface area (Å²) >= 11 is 6.03. The Morgan fingerprint density at radius 3 is 2.82 bits per heavy atom. The van der Waals surface area contributed by atoms with Crippen molar-refractivity contribution in [3.05, 3.63) is 28.8 Å². The van der Waals surface area contributed by atoms with Crippen LogP contribution in [0.3, 0.4) is 0 Å². The Balaban J connectivity index is 2.91. The summed E-state index contributed by atoms with van der Waals surface area (Å²) < 4.78 is 0. The molecule has 1 rings (SSSR count). The average Bonchev–Trinajstić information content (AvgIpc) is 2.28. The third-order valence-corrected chi connectivity index (χ3v) is 2.59. The van der Waals surface area contributed by atoms with Gasteiger partial charge in [0.2, 0.25) is 5.91 Å². The Morgan fingerprint density at radius 2 is 2.24 bits per heavy atom. The van der Waals surface area contributed by atoms with Crippen LogP contribution in [0.5, 0.6) is 0 Å². The summed E-state index contributed by atoms with van der Waals surface area (Å²) in [4.78, 5) is 24.0. The number of halogens is 1. The maximum atomic E-state index is 11.5. The molecule has 0 heterocycles. The first kappa shape index (κ1) is 13.5. The molecule has 1 N–H and O–H groups in total. The van der Waals surface area contributed by atoms with Gasteiger partial charge in [0.15, 0.2) is 6.29 Å². The lowest BCUT2D eigenvalue weighted by Gasteiger charge is -2.21. The molecule has 0 aliphatic heterocycles. The molecule has 0 aliphatic carbocycles. The van der Waals surface area contributed by atoms with E-state index in [0.29, 0.717) is 22.8 Å². The highest BCUT2D eigenvalue weighted by Crippen LogP contribution is 2.27. The third kappa shape index (κ3) is 3.46. The van der Waals surface area contributed by atoms with Crippen molar-refractivity contribution in [2.75, 3.05) is 25.0 Å². The second kappa shape index (κ2) is 6.25. The number of likely N-dealkylation sites (N-methyl/N-ethyl adjacent to an activating group) is 2. The number of anilines is 1. The minimum atomic E-state index is -0.105. The highest BCUT2D eigenvalue weighted by atomic mass is 35.5. The molecule has 0 atom stereocenters. The summed E-state index contributed by atoms with van der Waals surface area (Å²) in [5.41, 5.74) is 1.06. The lowest BCUT2D eigenvalue weighted by atomic mass is 10.2. The lowest BCUT2D eigenvalue weighted by Crippen LogP contribution is -2.35. The van der Waals surface area contributed by atoms with Crippen molar-refractivity contribution in [3.63, 3.8) is 0 Å². The summed E-state index contributed by atoms with van der Waals surface area (Å²) in [5, 5.41) is 3.15. The highest BCUT2D eigenvalue weighted by molar-refractivity contribution is 6.34. The number of benzene rings is 1. The van der Waals surface area contributed by atoms with Gasteiger partial charge >= 0.3 is 0 Å². The predicted molar refractivity (Wildman–Crippen MR) is 68.8 cm³/mol. The molecule has 92 valence electrons. The van der Waals surface area contributed by atoms with Crippen molar-refractivity contribution in [2.45, 2.75) is 6.92 Å². The average molecular weight is 255 g/mol. The Kier molecular flexibility index (Phi) is 4.97. The number of para-hydroxylation sites is 1. The second-order valence-corrected chi connectivity index (χ2v) is 4.01. The smallest absolute Gasteiger partial charge is 0.239 e. The molecule has 0 spiro atoms. The molecule has 0 bridgehead atoms. The van der Waals surface area contributed by atoms with E-state index < -0.39 is 0 Å². The largest absolute Gasteiger partial charge is 0.364 e. The number of hydrogen-bond donors (Lipinski definition) is 1. The van der Waals surface area contributed by atoms with Gasteiger partial charge in [0.25, 0.3) is 0 Å². The van der Waals surface area contributed by atoms with Gasteiger partial charge in [0.1, 0.15) is 0 Å². The van der Waals surface area contributed by atoms with Crippen LogP contribution >= 0.6 is 11.6 Å². The molecular weight excluding hydrogens is 240 g/mol. The van der Waals surface area contributed by atoms with E-state index in [1.807, 2.05) is 6.92 Å². The van der Waals surface area contributed by atoms with Crippen LogP contribution in [0.1, 0.15) is 17.3 Å². The van der Waals surface area contributed by atoms with E-state index in [-0.39, 0.29) is 12.5 Å². The zero-order valence-electron chi connectivity index (χ0n) is 9.87. The van der Waals surface area contributed by atoms with E-state index in [1.165, 1.54) is 0 Å². The van der Waals surface area contributed by atoms with Crippen LogP contribution in [-0.4, -0.2) is 32.3 Å². The van der Waals surface area contributed by atoms with Gasteiger partial charge in [0.05, 0.1) is 17.3 Å². The molecule has 0 saturated heterocycles. The van der Waals surface area contributed by atoms with Gasteiger partial charge in [-0.2, -0.15) is 0 Å². The summed E-state index contributed by atoms with van der Waals surface area (Å²) in [6.45, 7) is 2.60. The topological polar surface area (TPSA) is 49.4 Å². The second-order valence-electron chi connectivity index (χ2n) is 3.61. The first-order valence-corrected chi connectivity index (χ1v) is 5.69. The molecular formula is C12H15ClN2O2. The molecule has 0 radical (unpaired) electrons. The van der Waals surface area contributed by atoms with E-state index in [2.05, 4.69) is 5.32 Å². The van der Waals surface area contributed by atoms with E-state index in [9.17, 15) is 9.59 Å². The number of nitrogens with zero attached hydrogens (tertiary/aromatic N) is 1. The van der Waals surface area contributed by atoms with Crippen molar-refractivity contribution >= 4 is 29.5 Å². The van der Waals surface area contributed by atoms with Gasteiger partial charge in [-0.3, -0.25) is 9.59 Å². The molecule has 0 fully saturated rings. The molecule has 1 aromatic rings. The molecule has 1 aromatic carbocycles. The molecule has 0 saturated carbocycles. The van der Waals surface area contributed by atoms with Gasteiger partial charge in [0, 0.05) is 19.2 Å². The minimum Gasteiger partial charge on any atom is -0.364 e. The van der Waals surface area contributed by atoms with Gasteiger partial charge in [-0.25, -0.2) is 0 Å². The van der Waals surface area contributed by atoms with E-state index in [0.717, 1.165) is 6.29 Å². The number of aldehydes is 1. The van der Waals surface area contributed by atoms with Crippen molar-refractivity contribution in [1.29, 1.82) is 0 Å². The Morgan fingerprint density at radius 1 is 1.53 bits per heavy atom. The molecule has 0 aromatic heterocycles. The first-order valence-electron chi connectivity index (χ1n) is 5.31. The first-order chi connectivity index (χ1) is 8.10. The highest BCUT2D eigenvalue weighted by Gasteiger charge is 2.13. The Bertz CT molecular complexity index is 421. The van der Waals surface area contributed by atoms with Crippen LogP contribution in [0.2, 0.25) is 5.02 Å². The number of hydrogen-bond acceptors (Lipinski definition) is 3. The molecule has 5 heteroatoms. The Hall–Kier alpha value is -1.55. The number of carbonyl (C=O) groups is 2. The summed E-state index contributed by atoms with van der Waals surface area (Å²) in [6, 6.07) is 5.07. The van der Waals surface area contributed by atoms with Crippen molar-refractivity contribution in [3.8, 4) is 0 Å². The number of nitrogens with one attached hydrogen (secondary N) is 1. The van der Waals surface area contributed by atoms with Gasteiger partial charge < -0.3 is 10.2 Å². The molecule has 4 nitrogen and oxygen atoms in total. The van der Waals surface area contributed by atoms with Crippen LogP contribution in [0.15, 0.2) is 18.2 Å². The zero-order chi connectivity index (χ0) is 12.8. The summed E-state index contributed by atoms with van der Waals surface area (Å²) in [6.07, 6.45) is 0.732. The van der Waals surface area contributed by atoms with Crippen molar-refractivity contribution < 1.29 is 9.59 Å². The quantitative estimate of drug-likeness (QED) is 0.814. The summed E-state index contributed by atoms with van der Waals surface area (Å²) in [5.74, 6) is -0.105. The number of amides is 1. The fourth-order valence-electron chi connectivity index (χ4n) is 1.58. The van der Waals surface area contributed by atoms with Crippen LogP contribution in [0.4, 0.5) is 5.69 Å². The maximum Gasteiger partial charge on any atom is 0.239 e. The van der Waals surface area contributed by atoms with Crippen molar-refractivity contribution in [1.82, 2.24) is 5.32 Å². The maximum absolute atomic E-state index is 11.5. The third-order valence-electron chi connectivity index (χ3n) is 2.28. The van der Waals surface area contributed by atoms with E-state index >= 15 is 0 Å². The number of rotatable bonds is 5. The van der Waals surface area contributed by atoms with E-state index in [4.69, 9.17) is 11.6 Å². The molecule has 1 amide bonds. The van der Waals surface area contributed by atoms with Gasteiger partial charge in [-0.1, -0.05) is 17.7 Å². The SMILES string of the molecule is CCNC(=O)CN(C)c1c(Cl)cccc1C=O. The zero-order valence-corrected chi connectivity index (χ0v) is 10.6. The molecule has 0 unspecified atom stereocenters. The summed E-state index contributed by atoms with van der Waals surface area (Å²) in [7, 11) is 1.73. The normalized spacial score (nSPS) is 9.82. The van der Waals surface area contributed by atoms with Crippen LogP contribution in [-0.2, 0) is 4.79 Å². The minimum absolute atomic E-state index is 0.105. The predicted octanol–water partition coefficient (Wildman–Crippen LogP) is 1.72. The lowest BCUT2D eigenvalue weighted by molar-refractivity contribution is -0.119. The van der Waals surface area contributed by atoms with Crippen LogP contribution < -0.4 is 10.2 Å². The van der Waals surface area contributed by atoms with Crippen LogP contribution in [0, 0.1) is 0 Å². The fraction of sp³-hybridized carbons (Fsp3) is 0.333. The standard InChI is InChI=1S/C12H15ClN2O2/c1-3-14-11(17)7-15(2)12-9(8-16)5-4-6-10(12)13/h4-6,8H,3,7H2,1-2H3,(H,14,17). The van der Waals surface area contributed by atoms with Gasteiger partial charge in [-0.15, -0.1) is 0 Å². The van der Waals surface area contributed by atoms with Crippen molar-refractivity contribution in [2.24, 2.45) is 0 Å². The number of carbonyl (C=O) groups excluding carboxylic acids is 2. The van der Waals surface area contributed by atoms with Crippen LogP contribution in [0.25, 0.3) is 0 Å².